The van der Waals surface area contributed by atoms with E-state index in [1.54, 1.807) is 18.2 Å². The van der Waals surface area contributed by atoms with Gasteiger partial charge in [-0.2, -0.15) is 5.26 Å². The van der Waals surface area contributed by atoms with Crippen LogP contribution in [-0.4, -0.2) is 54.6 Å². The predicted molar refractivity (Wildman–Crippen MR) is 152 cm³/mol. The van der Waals surface area contributed by atoms with Crippen molar-refractivity contribution in [2.45, 2.75) is 75.2 Å². The van der Waals surface area contributed by atoms with Gasteiger partial charge in [-0.1, -0.05) is 17.3 Å². The van der Waals surface area contributed by atoms with Crippen LogP contribution in [0.4, 0.5) is 13.2 Å². The second-order valence-corrected chi connectivity index (χ2v) is 12.1. The van der Waals surface area contributed by atoms with E-state index in [2.05, 4.69) is 10.3 Å². The maximum atomic E-state index is 15.9. The number of benzene rings is 3. The molecule has 3 aliphatic rings. The third-order valence-electron chi connectivity index (χ3n) is 9.37. The molecule has 4 aromatic rings. The molecule has 1 amide bonds. The number of nitriles is 1. The van der Waals surface area contributed by atoms with E-state index in [4.69, 9.17) is 5.73 Å². The molecule has 1 aromatic heterocycles. The molecule has 3 heterocycles. The number of fused-ring (bicyclic) bond motifs is 3. The van der Waals surface area contributed by atoms with Gasteiger partial charge in [0.2, 0.25) is 0 Å². The highest BCUT2D eigenvalue weighted by molar-refractivity contribution is 5.99. The van der Waals surface area contributed by atoms with Crippen LogP contribution in [0, 0.1) is 28.8 Å². The Morgan fingerprint density at radius 1 is 1.02 bits per heavy atom. The van der Waals surface area contributed by atoms with E-state index in [0.717, 1.165) is 38.2 Å². The number of carbonyl (C=O) groups excluding carboxylic acids is 1. The first-order valence-corrected chi connectivity index (χ1v) is 14.5. The highest BCUT2D eigenvalue weighted by atomic mass is 19.2. The molecule has 0 spiro atoms. The Hall–Kier alpha value is -4.27. The molecule has 1 aliphatic carbocycles. The first-order valence-electron chi connectivity index (χ1n) is 14.5. The van der Waals surface area contributed by atoms with E-state index in [1.807, 2.05) is 4.90 Å². The van der Waals surface area contributed by atoms with Crippen LogP contribution in [0.3, 0.4) is 0 Å². The maximum absolute atomic E-state index is 15.9. The molecule has 7 rings (SSSR count). The van der Waals surface area contributed by atoms with Crippen molar-refractivity contribution in [3.05, 3.63) is 71.0 Å². The Labute approximate surface area is 245 Å². The zero-order valence-corrected chi connectivity index (χ0v) is 23.2. The summed E-state index contributed by atoms with van der Waals surface area (Å²) in [5.41, 5.74) is 5.94. The van der Waals surface area contributed by atoms with Gasteiger partial charge in [0.15, 0.2) is 11.6 Å². The van der Waals surface area contributed by atoms with E-state index in [0.29, 0.717) is 29.5 Å². The van der Waals surface area contributed by atoms with Crippen LogP contribution < -0.4 is 5.73 Å². The molecule has 11 heteroatoms. The van der Waals surface area contributed by atoms with Gasteiger partial charge >= 0.3 is 0 Å². The highest BCUT2D eigenvalue weighted by Crippen LogP contribution is 2.41. The zero-order chi connectivity index (χ0) is 30.0. The minimum absolute atomic E-state index is 0.00479. The molecule has 1 unspecified atom stereocenters. The average molecular weight is 587 g/mol. The number of aromatic nitrogens is 3. The molecule has 2 bridgehead atoms. The van der Waals surface area contributed by atoms with E-state index in [9.17, 15) is 19.6 Å². The second kappa shape index (κ2) is 10.2. The molecular formula is C32H29F3N6O2. The van der Waals surface area contributed by atoms with Gasteiger partial charge in [0.1, 0.15) is 22.9 Å². The molecular weight excluding hydrogens is 557 g/mol. The van der Waals surface area contributed by atoms with E-state index >= 15 is 8.78 Å². The summed E-state index contributed by atoms with van der Waals surface area (Å²) in [4.78, 5) is 15.7. The number of rotatable bonds is 5. The number of aliphatic hydroxyl groups is 1. The van der Waals surface area contributed by atoms with Crippen molar-refractivity contribution in [1.82, 2.24) is 19.9 Å². The zero-order valence-electron chi connectivity index (χ0n) is 23.2. The molecule has 2 aliphatic heterocycles. The smallest absolute Gasteiger partial charge is 0.254 e. The van der Waals surface area contributed by atoms with Crippen LogP contribution in [0.5, 0.6) is 0 Å². The lowest BCUT2D eigenvalue weighted by Gasteiger charge is -2.38. The van der Waals surface area contributed by atoms with Crippen LogP contribution >= 0.6 is 0 Å². The predicted octanol–water partition coefficient (Wildman–Crippen LogP) is 5.06. The molecule has 8 nitrogen and oxygen atoms in total. The summed E-state index contributed by atoms with van der Waals surface area (Å²) in [5, 5.41) is 27.9. The van der Waals surface area contributed by atoms with E-state index in [-0.39, 0.29) is 58.3 Å². The maximum Gasteiger partial charge on any atom is 0.254 e. The lowest BCUT2D eigenvalue weighted by molar-refractivity contribution is -0.0493. The molecule has 0 radical (unpaired) electrons. The van der Waals surface area contributed by atoms with Gasteiger partial charge in [0.25, 0.3) is 5.91 Å². The number of nitrogens with two attached hydrogens (primary N) is 1. The van der Waals surface area contributed by atoms with E-state index in [1.165, 1.54) is 28.9 Å². The third kappa shape index (κ3) is 4.56. The van der Waals surface area contributed by atoms with Gasteiger partial charge in [0.05, 0.1) is 17.7 Å². The van der Waals surface area contributed by atoms with Crippen molar-refractivity contribution in [1.29, 1.82) is 5.26 Å². The van der Waals surface area contributed by atoms with Crippen LogP contribution in [0.1, 0.15) is 60.9 Å². The third-order valence-corrected chi connectivity index (χ3v) is 9.37. The van der Waals surface area contributed by atoms with Crippen LogP contribution in [0.2, 0.25) is 0 Å². The molecule has 43 heavy (non-hydrogen) atoms. The Bertz CT molecular complexity index is 1810. The van der Waals surface area contributed by atoms with Crippen LogP contribution in [0.25, 0.3) is 33.3 Å². The largest absolute Gasteiger partial charge is 0.388 e. The minimum Gasteiger partial charge on any atom is -0.388 e. The minimum atomic E-state index is -1.17. The van der Waals surface area contributed by atoms with Crippen LogP contribution in [0.15, 0.2) is 42.5 Å². The molecule has 3 N–H and O–H groups in total. The highest BCUT2D eigenvalue weighted by Gasteiger charge is 2.42. The summed E-state index contributed by atoms with van der Waals surface area (Å²) in [7, 11) is 0. The standard InChI is InChI=1S/C32H29F3N6O2/c33-26-11-17(2-3-19(26)15-36)24-10-18(31(42)41-21-5-6-22(41)13-20(37)12-21)4-7-23(24)25-14-27-30(29(35)28(25)34)40(39-38-27)16-32(43)8-1-9-32/h2-4,7,10-11,14,20-22,43H,1,5-6,8-9,12-13,16,37H2/t20?,21-,22+. The van der Waals surface area contributed by atoms with Gasteiger partial charge in [0, 0.05) is 29.3 Å². The SMILES string of the molecule is N#Cc1ccc(-c2cc(C(=O)N3[C@@H]4CC[C@H]3CC(N)C4)ccc2-c2cc3nnn(CC4(O)CCC4)c3c(F)c2F)cc1F. The Balaban J connectivity index is 1.35. The lowest BCUT2D eigenvalue weighted by Crippen LogP contribution is -2.50. The first-order chi connectivity index (χ1) is 20.7. The van der Waals surface area contributed by atoms with Crippen molar-refractivity contribution < 1.29 is 23.1 Å². The van der Waals surface area contributed by atoms with E-state index < -0.39 is 23.1 Å². The van der Waals surface area contributed by atoms with Gasteiger partial charge in [-0.25, -0.2) is 17.9 Å². The Kier molecular flexibility index (Phi) is 6.52. The average Bonchev–Trinajstić information content (AvgIpc) is 3.50. The molecule has 3 atom stereocenters. The summed E-state index contributed by atoms with van der Waals surface area (Å²) < 4.78 is 47.6. The molecule has 220 valence electrons. The second-order valence-electron chi connectivity index (χ2n) is 12.1. The number of hydrogen-bond acceptors (Lipinski definition) is 6. The van der Waals surface area contributed by atoms with Gasteiger partial charge in [-0.15, -0.1) is 5.10 Å². The summed E-state index contributed by atoms with van der Waals surface area (Å²) in [5.74, 6) is -3.29. The van der Waals surface area contributed by atoms with Crippen molar-refractivity contribution >= 4 is 16.9 Å². The summed E-state index contributed by atoms with van der Waals surface area (Å²) >= 11 is 0. The van der Waals surface area contributed by atoms with Gasteiger partial charge < -0.3 is 15.7 Å². The van der Waals surface area contributed by atoms with Crippen molar-refractivity contribution in [2.24, 2.45) is 5.73 Å². The number of piperidine rings is 1. The summed E-state index contributed by atoms with van der Waals surface area (Å²) in [6.07, 6.45) is 5.10. The normalized spacial score (nSPS) is 22.4. The van der Waals surface area contributed by atoms with Crippen molar-refractivity contribution in [3.8, 4) is 28.3 Å². The monoisotopic (exact) mass is 586 g/mol. The summed E-state index contributed by atoms with van der Waals surface area (Å²) in [6.45, 7) is -0.00479. The number of hydrogen-bond donors (Lipinski definition) is 2. The number of carbonyl (C=O) groups is 1. The number of amides is 1. The molecule has 3 aromatic carbocycles. The van der Waals surface area contributed by atoms with Crippen molar-refractivity contribution in [2.75, 3.05) is 0 Å². The molecule has 1 saturated carbocycles. The van der Waals surface area contributed by atoms with Gasteiger partial charge in [-0.05, 0) is 92.0 Å². The topological polar surface area (TPSA) is 121 Å². The fourth-order valence-corrected chi connectivity index (χ4v) is 7.02. The fraction of sp³-hybridized carbons (Fsp3) is 0.375. The Morgan fingerprint density at radius 2 is 1.77 bits per heavy atom. The molecule has 3 fully saturated rings. The summed E-state index contributed by atoms with van der Waals surface area (Å²) in [6, 6.07) is 11.9. The van der Waals surface area contributed by atoms with Crippen molar-refractivity contribution in [3.63, 3.8) is 0 Å². The van der Waals surface area contributed by atoms with Gasteiger partial charge in [-0.3, -0.25) is 4.79 Å². The first kappa shape index (κ1) is 27.6. The fourth-order valence-electron chi connectivity index (χ4n) is 7.02. The Morgan fingerprint density at radius 3 is 2.42 bits per heavy atom. The number of halogens is 3. The molecule has 2 saturated heterocycles. The quantitative estimate of drug-likeness (QED) is 0.337. The number of nitrogens with zero attached hydrogens (tertiary/aromatic N) is 5. The van der Waals surface area contributed by atoms with Crippen LogP contribution in [-0.2, 0) is 6.54 Å². The lowest BCUT2D eigenvalue weighted by atomic mass is 9.80.